The molecular weight excluding hydrogens is 274 g/mol. The third kappa shape index (κ3) is 2.01. The van der Waals surface area contributed by atoms with E-state index in [-0.39, 0.29) is 0 Å². The van der Waals surface area contributed by atoms with Gasteiger partial charge in [0.15, 0.2) is 0 Å². The van der Waals surface area contributed by atoms with Crippen molar-refractivity contribution in [1.29, 1.82) is 0 Å². The van der Waals surface area contributed by atoms with Crippen molar-refractivity contribution in [3.8, 4) is 0 Å². The molecule has 1 aromatic rings. The molecule has 0 saturated carbocycles. The number of halogens is 2. The summed E-state index contributed by atoms with van der Waals surface area (Å²) in [7, 11) is 0. The topological polar surface area (TPSA) is 33.1 Å². The molecule has 0 aliphatic heterocycles. The van der Waals surface area contributed by atoms with Crippen LogP contribution < -0.4 is 0 Å². The van der Waals surface area contributed by atoms with Crippen molar-refractivity contribution in [3.05, 3.63) is 26.9 Å². The molecule has 0 bridgehead atoms. The lowest BCUT2D eigenvalue weighted by atomic mass is 10.2. The summed E-state index contributed by atoms with van der Waals surface area (Å²) in [6.07, 6.45) is 2.83. The molecule has 1 aromatic heterocycles. The molecular formula is C7H7Br2NO. The number of nitrogens with zero attached hydrogens (tertiary/aromatic N) is 1. The standard InChI is InChI=1S/C7H7Br2NO/c1-4(11)7-5(8)2-10-3-6(7)9/h2-4,11H,1H3/t4-/m0/s1. The van der Waals surface area contributed by atoms with Gasteiger partial charge in [-0.25, -0.2) is 0 Å². The second-order valence-corrected chi connectivity index (χ2v) is 3.90. The quantitative estimate of drug-likeness (QED) is 0.858. The van der Waals surface area contributed by atoms with E-state index < -0.39 is 6.10 Å². The first-order valence-electron chi connectivity index (χ1n) is 3.10. The highest BCUT2D eigenvalue weighted by atomic mass is 79.9. The lowest BCUT2D eigenvalue weighted by Gasteiger charge is -2.08. The number of pyridine rings is 1. The predicted molar refractivity (Wildman–Crippen MR) is 50.3 cm³/mol. The maximum Gasteiger partial charge on any atom is 0.0785 e. The molecule has 4 heteroatoms. The fourth-order valence-corrected chi connectivity index (χ4v) is 2.41. The normalized spacial score (nSPS) is 13.1. The van der Waals surface area contributed by atoms with Crippen molar-refractivity contribution in [1.82, 2.24) is 4.98 Å². The Hall–Kier alpha value is 0.0700. The van der Waals surface area contributed by atoms with Crippen molar-refractivity contribution < 1.29 is 5.11 Å². The van der Waals surface area contributed by atoms with Crippen LogP contribution in [0.15, 0.2) is 21.3 Å². The Bertz CT molecular complexity index is 242. The zero-order valence-electron chi connectivity index (χ0n) is 5.88. The molecule has 0 fully saturated rings. The van der Waals surface area contributed by atoms with Gasteiger partial charge in [-0.1, -0.05) is 0 Å². The fraction of sp³-hybridized carbons (Fsp3) is 0.286. The molecule has 0 amide bonds. The van der Waals surface area contributed by atoms with E-state index in [2.05, 4.69) is 36.8 Å². The molecule has 0 aliphatic rings. The molecule has 0 spiro atoms. The van der Waals surface area contributed by atoms with Crippen molar-refractivity contribution in [2.75, 3.05) is 0 Å². The largest absolute Gasteiger partial charge is 0.389 e. The van der Waals surface area contributed by atoms with E-state index in [1.807, 2.05) is 0 Å². The van der Waals surface area contributed by atoms with Gasteiger partial charge in [-0.05, 0) is 38.8 Å². The molecule has 60 valence electrons. The van der Waals surface area contributed by atoms with Gasteiger partial charge in [0.25, 0.3) is 0 Å². The Morgan fingerprint density at radius 3 is 2.09 bits per heavy atom. The minimum absolute atomic E-state index is 0.484. The highest BCUT2D eigenvalue weighted by Gasteiger charge is 2.09. The number of rotatable bonds is 1. The van der Waals surface area contributed by atoms with E-state index >= 15 is 0 Å². The minimum atomic E-state index is -0.484. The van der Waals surface area contributed by atoms with E-state index in [1.54, 1.807) is 19.3 Å². The van der Waals surface area contributed by atoms with Crippen LogP contribution >= 0.6 is 31.9 Å². The monoisotopic (exact) mass is 279 g/mol. The molecule has 1 atom stereocenters. The van der Waals surface area contributed by atoms with E-state index in [4.69, 9.17) is 0 Å². The maximum absolute atomic E-state index is 9.30. The van der Waals surface area contributed by atoms with Crippen LogP contribution in [-0.2, 0) is 0 Å². The van der Waals surface area contributed by atoms with Crippen LogP contribution in [0.5, 0.6) is 0 Å². The Morgan fingerprint density at radius 1 is 1.36 bits per heavy atom. The summed E-state index contributed by atoms with van der Waals surface area (Å²) < 4.78 is 1.64. The number of hydrogen-bond donors (Lipinski definition) is 1. The summed E-state index contributed by atoms with van der Waals surface area (Å²) >= 11 is 6.59. The molecule has 0 saturated heterocycles. The van der Waals surface area contributed by atoms with Crippen LogP contribution in [0, 0.1) is 0 Å². The fourth-order valence-electron chi connectivity index (χ4n) is 0.820. The number of aromatic nitrogens is 1. The second kappa shape index (κ2) is 3.65. The first-order valence-corrected chi connectivity index (χ1v) is 4.68. The molecule has 1 N–H and O–H groups in total. The average Bonchev–Trinajstić information content (AvgIpc) is 1.85. The van der Waals surface area contributed by atoms with Gasteiger partial charge in [-0.3, -0.25) is 4.98 Å². The molecule has 11 heavy (non-hydrogen) atoms. The lowest BCUT2D eigenvalue weighted by Crippen LogP contribution is -1.94. The smallest absolute Gasteiger partial charge is 0.0785 e. The summed E-state index contributed by atoms with van der Waals surface area (Å²) in [5, 5.41) is 9.30. The van der Waals surface area contributed by atoms with Gasteiger partial charge < -0.3 is 5.11 Å². The summed E-state index contributed by atoms with van der Waals surface area (Å²) in [4.78, 5) is 3.92. The van der Waals surface area contributed by atoms with Crippen LogP contribution in [0.3, 0.4) is 0 Å². The van der Waals surface area contributed by atoms with Crippen LogP contribution in [0.2, 0.25) is 0 Å². The van der Waals surface area contributed by atoms with E-state index in [0.717, 1.165) is 14.5 Å². The minimum Gasteiger partial charge on any atom is -0.389 e. The van der Waals surface area contributed by atoms with Crippen molar-refractivity contribution >= 4 is 31.9 Å². The summed E-state index contributed by atoms with van der Waals surface area (Å²) in [5.41, 5.74) is 0.833. The van der Waals surface area contributed by atoms with Gasteiger partial charge >= 0.3 is 0 Å². The van der Waals surface area contributed by atoms with Crippen LogP contribution in [0.4, 0.5) is 0 Å². The van der Waals surface area contributed by atoms with E-state index in [9.17, 15) is 5.11 Å². The van der Waals surface area contributed by atoms with Crippen LogP contribution in [0.1, 0.15) is 18.6 Å². The Balaban J connectivity index is 3.21. The molecule has 0 aromatic carbocycles. The highest BCUT2D eigenvalue weighted by Crippen LogP contribution is 2.29. The third-order valence-electron chi connectivity index (χ3n) is 1.31. The van der Waals surface area contributed by atoms with Crippen molar-refractivity contribution in [3.63, 3.8) is 0 Å². The van der Waals surface area contributed by atoms with Gasteiger partial charge in [0, 0.05) is 26.9 Å². The molecule has 0 unspecified atom stereocenters. The first kappa shape index (κ1) is 9.16. The summed E-state index contributed by atoms with van der Waals surface area (Å²) in [6, 6.07) is 0. The molecule has 1 rings (SSSR count). The van der Waals surface area contributed by atoms with Gasteiger partial charge in [-0.15, -0.1) is 0 Å². The second-order valence-electron chi connectivity index (χ2n) is 2.19. The van der Waals surface area contributed by atoms with Crippen molar-refractivity contribution in [2.45, 2.75) is 13.0 Å². The molecule has 0 radical (unpaired) electrons. The molecule has 2 nitrogen and oxygen atoms in total. The van der Waals surface area contributed by atoms with Crippen LogP contribution in [0.25, 0.3) is 0 Å². The number of hydrogen-bond acceptors (Lipinski definition) is 2. The SMILES string of the molecule is C[C@H](O)c1c(Br)cncc1Br. The highest BCUT2D eigenvalue weighted by molar-refractivity contribution is 9.11. The third-order valence-corrected chi connectivity index (χ3v) is 2.57. The summed E-state index contributed by atoms with van der Waals surface area (Å²) in [6.45, 7) is 1.71. The number of aliphatic hydroxyl groups excluding tert-OH is 1. The Kier molecular flexibility index (Phi) is 3.04. The predicted octanol–water partition coefficient (Wildman–Crippen LogP) is 2.66. The van der Waals surface area contributed by atoms with E-state index in [0.29, 0.717) is 0 Å². The Morgan fingerprint density at radius 2 is 1.82 bits per heavy atom. The summed E-state index contributed by atoms with van der Waals surface area (Å²) in [5.74, 6) is 0. The Labute approximate surface area is 81.9 Å². The van der Waals surface area contributed by atoms with Gasteiger partial charge in [0.05, 0.1) is 6.10 Å². The average molecular weight is 281 g/mol. The van der Waals surface area contributed by atoms with Crippen molar-refractivity contribution in [2.24, 2.45) is 0 Å². The molecule has 1 heterocycles. The maximum atomic E-state index is 9.30. The van der Waals surface area contributed by atoms with E-state index in [1.165, 1.54) is 0 Å². The van der Waals surface area contributed by atoms with Gasteiger partial charge in [0.2, 0.25) is 0 Å². The van der Waals surface area contributed by atoms with Gasteiger partial charge in [-0.2, -0.15) is 0 Å². The van der Waals surface area contributed by atoms with Gasteiger partial charge in [0.1, 0.15) is 0 Å². The number of aliphatic hydroxyl groups is 1. The molecule has 0 aliphatic carbocycles. The first-order chi connectivity index (χ1) is 5.13. The van der Waals surface area contributed by atoms with Crippen LogP contribution in [-0.4, -0.2) is 10.1 Å². The zero-order valence-corrected chi connectivity index (χ0v) is 9.05. The zero-order chi connectivity index (χ0) is 8.43. The lowest BCUT2D eigenvalue weighted by molar-refractivity contribution is 0.197.